The molecule has 1 aromatic rings. The molecule has 0 aromatic heterocycles. The zero-order valence-corrected chi connectivity index (χ0v) is 14.2. The maximum atomic E-state index is 11.3. The summed E-state index contributed by atoms with van der Waals surface area (Å²) in [5.74, 6) is 1.22. The summed E-state index contributed by atoms with van der Waals surface area (Å²) in [6, 6.07) is 8.23. The van der Waals surface area contributed by atoms with Gasteiger partial charge >= 0.3 is 5.97 Å². The van der Waals surface area contributed by atoms with E-state index in [-0.39, 0.29) is 5.97 Å². The highest BCUT2D eigenvalue weighted by molar-refractivity contribution is 8.04. The number of hydrogen-bond donors (Lipinski definition) is 0. The predicted molar refractivity (Wildman–Crippen MR) is 89.4 cm³/mol. The Bertz CT molecular complexity index is 447. The largest absolute Gasteiger partial charge is 0.497 e. The zero-order chi connectivity index (χ0) is 15.1. The van der Waals surface area contributed by atoms with Crippen molar-refractivity contribution in [1.82, 2.24) is 0 Å². The first-order chi connectivity index (χ1) is 10.2. The van der Waals surface area contributed by atoms with Crippen LogP contribution in [0.1, 0.15) is 25.7 Å². The van der Waals surface area contributed by atoms with Gasteiger partial charge in [0, 0.05) is 15.4 Å². The fourth-order valence-electron chi connectivity index (χ4n) is 2.45. The van der Waals surface area contributed by atoms with Crippen molar-refractivity contribution in [3.05, 3.63) is 24.3 Å². The molecule has 0 radical (unpaired) electrons. The molecule has 0 amide bonds. The van der Waals surface area contributed by atoms with E-state index < -0.39 is 0 Å². The van der Waals surface area contributed by atoms with E-state index in [4.69, 9.17) is 9.47 Å². The van der Waals surface area contributed by atoms with Crippen molar-refractivity contribution < 1.29 is 14.3 Å². The molecular formula is C16H22O3S2. The Morgan fingerprint density at radius 2 is 1.81 bits per heavy atom. The van der Waals surface area contributed by atoms with Gasteiger partial charge in [0.05, 0.1) is 20.0 Å². The van der Waals surface area contributed by atoms with Crippen molar-refractivity contribution in [2.75, 3.05) is 20.0 Å². The molecule has 0 aliphatic heterocycles. The highest BCUT2D eigenvalue weighted by Crippen LogP contribution is 2.39. The molecule has 1 aromatic carbocycles. The van der Waals surface area contributed by atoms with Crippen molar-refractivity contribution in [3.8, 4) is 5.75 Å². The number of methoxy groups -OCH3 is 2. The lowest BCUT2D eigenvalue weighted by Crippen LogP contribution is -2.25. The molecule has 1 fully saturated rings. The van der Waals surface area contributed by atoms with E-state index in [9.17, 15) is 4.79 Å². The topological polar surface area (TPSA) is 35.5 Å². The Morgan fingerprint density at radius 3 is 2.43 bits per heavy atom. The lowest BCUT2D eigenvalue weighted by atomic mass is 10.00. The van der Waals surface area contributed by atoms with Crippen LogP contribution >= 0.6 is 23.5 Å². The van der Waals surface area contributed by atoms with Crippen molar-refractivity contribution in [1.29, 1.82) is 0 Å². The third-order valence-electron chi connectivity index (χ3n) is 3.63. The van der Waals surface area contributed by atoms with Crippen LogP contribution in [0.3, 0.4) is 0 Å². The SMILES string of the molecule is COC(=O)CS[C@@H]1CCCC[C@H]1Sc1ccc(OC)cc1. The van der Waals surface area contributed by atoms with Crippen LogP contribution in [0.5, 0.6) is 5.75 Å². The van der Waals surface area contributed by atoms with Crippen molar-refractivity contribution in [2.45, 2.75) is 41.1 Å². The van der Waals surface area contributed by atoms with E-state index >= 15 is 0 Å². The number of hydrogen-bond acceptors (Lipinski definition) is 5. The van der Waals surface area contributed by atoms with Gasteiger partial charge in [0.25, 0.3) is 0 Å². The van der Waals surface area contributed by atoms with Gasteiger partial charge in [0.15, 0.2) is 0 Å². The standard InChI is InChI=1S/C16H22O3S2/c1-18-12-7-9-13(10-8-12)21-15-6-4-3-5-14(15)20-11-16(17)19-2/h7-10,14-15H,3-6,11H2,1-2H3/t14-,15-/m1/s1. The maximum absolute atomic E-state index is 11.3. The molecule has 2 atom stereocenters. The third-order valence-corrected chi connectivity index (χ3v) is 6.61. The summed E-state index contributed by atoms with van der Waals surface area (Å²) < 4.78 is 9.93. The van der Waals surface area contributed by atoms with Crippen LogP contribution in [0.15, 0.2) is 29.2 Å². The van der Waals surface area contributed by atoms with E-state index in [1.54, 1.807) is 18.9 Å². The summed E-state index contributed by atoms with van der Waals surface area (Å²) in [7, 11) is 3.14. The van der Waals surface area contributed by atoms with Crippen LogP contribution in [0, 0.1) is 0 Å². The Kier molecular flexibility index (Phi) is 6.77. The molecule has 116 valence electrons. The number of carbonyl (C=O) groups is 1. The lowest BCUT2D eigenvalue weighted by Gasteiger charge is -2.30. The fourth-order valence-corrected chi connectivity index (χ4v) is 5.22. The van der Waals surface area contributed by atoms with Crippen molar-refractivity contribution in [2.24, 2.45) is 0 Å². The minimum absolute atomic E-state index is 0.126. The first kappa shape index (κ1) is 16.6. The second kappa shape index (κ2) is 8.59. The normalized spacial score (nSPS) is 21.8. The number of thioether (sulfide) groups is 2. The Balaban J connectivity index is 1.92. The van der Waals surface area contributed by atoms with E-state index in [1.807, 2.05) is 23.9 Å². The summed E-state index contributed by atoms with van der Waals surface area (Å²) in [6.45, 7) is 0. The quantitative estimate of drug-likeness (QED) is 0.738. The number of carbonyl (C=O) groups excluding carboxylic acids is 1. The number of ether oxygens (including phenoxy) is 2. The minimum Gasteiger partial charge on any atom is -0.497 e. The van der Waals surface area contributed by atoms with Gasteiger partial charge in [-0.25, -0.2) is 0 Å². The molecule has 0 saturated heterocycles. The molecule has 0 unspecified atom stereocenters. The Labute approximate surface area is 135 Å². The van der Waals surface area contributed by atoms with Crippen LogP contribution in [-0.4, -0.2) is 36.4 Å². The lowest BCUT2D eigenvalue weighted by molar-refractivity contribution is -0.137. The van der Waals surface area contributed by atoms with Crippen LogP contribution < -0.4 is 4.74 Å². The van der Waals surface area contributed by atoms with E-state index in [0.717, 1.165) is 5.75 Å². The van der Waals surface area contributed by atoms with Crippen LogP contribution in [-0.2, 0) is 9.53 Å². The van der Waals surface area contributed by atoms with Gasteiger partial charge in [-0.1, -0.05) is 12.8 Å². The van der Waals surface area contributed by atoms with Gasteiger partial charge in [0.2, 0.25) is 0 Å². The first-order valence-electron chi connectivity index (χ1n) is 7.22. The first-order valence-corrected chi connectivity index (χ1v) is 9.15. The minimum atomic E-state index is -0.126. The predicted octanol–water partition coefficient (Wildman–Crippen LogP) is 4.00. The molecule has 21 heavy (non-hydrogen) atoms. The summed E-state index contributed by atoms with van der Waals surface area (Å²) in [6.07, 6.45) is 4.95. The van der Waals surface area contributed by atoms with Gasteiger partial charge in [-0.2, -0.15) is 0 Å². The smallest absolute Gasteiger partial charge is 0.315 e. The molecule has 0 N–H and O–H groups in total. The van der Waals surface area contributed by atoms with Crippen LogP contribution in [0.25, 0.3) is 0 Å². The van der Waals surface area contributed by atoms with E-state index in [1.165, 1.54) is 37.7 Å². The van der Waals surface area contributed by atoms with Crippen molar-refractivity contribution >= 4 is 29.5 Å². The molecule has 0 heterocycles. The molecule has 1 aliphatic rings. The van der Waals surface area contributed by atoms with E-state index in [0.29, 0.717) is 16.3 Å². The number of benzene rings is 1. The highest BCUT2D eigenvalue weighted by atomic mass is 32.2. The molecule has 0 spiro atoms. The molecule has 5 heteroatoms. The third kappa shape index (κ3) is 5.15. The number of rotatable bonds is 6. The Hall–Kier alpha value is -0.810. The Morgan fingerprint density at radius 1 is 1.14 bits per heavy atom. The summed E-state index contributed by atoms with van der Waals surface area (Å²) in [4.78, 5) is 12.6. The molecule has 2 rings (SSSR count). The molecule has 1 saturated carbocycles. The highest BCUT2D eigenvalue weighted by Gasteiger charge is 2.27. The van der Waals surface area contributed by atoms with Crippen LogP contribution in [0.2, 0.25) is 0 Å². The molecular weight excluding hydrogens is 304 g/mol. The van der Waals surface area contributed by atoms with Crippen molar-refractivity contribution in [3.63, 3.8) is 0 Å². The van der Waals surface area contributed by atoms with Crippen LogP contribution in [0.4, 0.5) is 0 Å². The summed E-state index contributed by atoms with van der Waals surface area (Å²) >= 11 is 3.67. The van der Waals surface area contributed by atoms with Gasteiger partial charge in [0.1, 0.15) is 5.75 Å². The molecule has 0 bridgehead atoms. The van der Waals surface area contributed by atoms with E-state index in [2.05, 4.69) is 12.1 Å². The molecule has 1 aliphatic carbocycles. The van der Waals surface area contributed by atoms with Gasteiger partial charge in [-0.15, -0.1) is 23.5 Å². The second-order valence-corrected chi connectivity index (χ2v) is 7.58. The molecule has 3 nitrogen and oxygen atoms in total. The number of esters is 1. The summed E-state index contributed by atoms with van der Waals surface area (Å²) in [5, 5.41) is 1.10. The fraction of sp³-hybridized carbons (Fsp3) is 0.562. The van der Waals surface area contributed by atoms with Gasteiger partial charge < -0.3 is 9.47 Å². The average Bonchev–Trinajstić information content (AvgIpc) is 2.54. The summed E-state index contributed by atoms with van der Waals surface area (Å²) in [5.41, 5.74) is 0. The van der Waals surface area contributed by atoms with Gasteiger partial charge in [-0.3, -0.25) is 4.79 Å². The average molecular weight is 326 g/mol. The maximum Gasteiger partial charge on any atom is 0.315 e. The van der Waals surface area contributed by atoms with Gasteiger partial charge in [-0.05, 0) is 37.1 Å². The monoisotopic (exact) mass is 326 g/mol. The zero-order valence-electron chi connectivity index (χ0n) is 12.5. The second-order valence-electron chi connectivity index (χ2n) is 5.04.